The van der Waals surface area contributed by atoms with Crippen molar-refractivity contribution in [3.05, 3.63) is 46.2 Å². The van der Waals surface area contributed by atoms with E-state index in [4.69, 9.17) is 4.98 Å². The number of piperidine rings is 1. The molecule has 1 aliphatic rings. The number of para-hydroxylation sites is 1. The van der Waals surface area contributed by atoms with Gasteiger partial charge >= 0.3 is 0 Å². The quantitative estimate of drug-likeness (QED) is 0.661. The van der Waals surface area contributed by atoms with Crippen LogP contribution in [-0.2, 0) is 11.2 Å². The van der Waals surface area contributed by atoms with Crippen LogP contribution < -0.4 is 10.2 Å². The van der Waals surface area contributed by atoms with Gasteiger partial charge in [0.05, 0.1) is 21.5 Å². The summed E-state index contributed by atoms with van der Waals surface area (Å²) >= 11 is 3.11. The molecule has 0 saturated carbocycles. The van der Waals surface area contributed by atoms with Crippen LogP contribution in [0.5, 0.6) is 0 Å². The molecule has 3 heterocycles. The van der Waals surface area contributed by atoms with E-state index >= 15 is 0 Å². The summed E-state index contributed by atoms with van der Waals surface area (Å²) in [6, 6.07) is 10.1. The lowest BCUT2D eigenvalue weighted by Crippen LogP contribution is -2.48. The second-order valence-electron chi connectivity index (χ2n) is 6.87. The largest absolute Gasteiger partial charge is 0.351 e. The number of Topliss-reactive ketones (excluding diaryl/α,β-unsaturated/α-hetero) is 1. The fourth-order valence-corrected chi connectivity index (χ4v) is 5.20. The summed E-state index contributed by atoms with van der Waals surface area (Å²) in [4.78, 5) is 31.5. The van der Waals surface area contributed by atoms with E-state index in [9.17, 15) is 9.59 Å². The molecule has 0 aliphatic carbocycles. The molecule has 140 valence electrons. The maximum Gasteiger partial charge on any atom is 0.224 e. The van der Waals surface area contributed by atoms with E-state index in [1.165, 1.54) is 16.0 Å². The topological polar surface area (TPSA) is 62.3 Å². The van der Waals surface area contributed by atoms with Gasteiger partial charge in [0.1, 0.15) is 0 Å². The van der Waals surface area contributed by atoms with Gasteiger partial charge in [0.15, 0.2) is 10.9 Å². The summed E-state index contributed by atoms with van der Waals surface area (Å²) in [5, 5.41) is 6.08. The zero-order valence-corrected chi connectivity index (χ0v) is 16.7. The Morgan fingerprint density at radius 3 is 2.96 bits per heavy atom. The first kappa shape index (κ1) is 18.1. The highest BCUT2D eigenvalue weighted by Gasteiger charge is 2.23. The number of thiazole rings is 1. The summed E-state index contributed by atoms with van der Waals surface area (Å²) in [7, 11) is 0. The van der Waals surface area contributed by atoms with Crippen molar-refractivity contribution in [1.29, 1.82) is 0 Å². The molecule has 0 spiro atoms. The summed E-state index contributed by atoms with van der Waals surface area (Å²) < 4.78 is 1.19. The van der Waals surface area contributed by atoms with E-state index in [1.54, 1.807) is 18.3 Å². The smallest absolute Gasteiger partial charge is 0.224 e. The lowest BCUT2D eigenvalue weighted by molar-refractivity contribution is -0.121. The van der Waals surface area contributed by atoms with Gasteiger partial charge in [-0.25, -0.2) is 4.98 Å². The van der Waals surface area contributed by atoms with Crippen LogP contribution in [0.3, 0.4) is 0 Å². The molecule has 7 heteroatoms. The average Bonchev–Trinajstić information content (AvgIpc) is 3.28. The van der Waals surface area contributed by atoms with Crippen LogP contribution >= 0.6 is 22.7 Å². The molecule has 1 aromatic carbocycles. The molecule has 0 bridgehead atoms. The summed E-state index contributed by atoms with van der Waals surface area (Å²) in [5.41, 5.74) is 1.93. The summed E-state index contributed by atoms with van der Waals surface area (Å²) in [6.07, 6.45) is 2.34. The number of carbonyl (C=O) groups is 2. The Labute approximate surface area is 166 Å². The van der Waals surface area contributed by atoms with Gasteiger partial charge in [-0.05, 0) is 48.9 Å². The van der Waals surface area contributed by atoms with Crippen molar-refractivity contribution >= 4 is 49.7 Å². The predicted octanol–water partition coefficient (Wildman–Crippen LogP) is 3.89. The highest BCUT2D eigenvalue weighted by molar-refractivity contribution is 7.22. The number of benzene rings is 1. The first-order chi connectivity index (χ1) is 13.1. The number of aromatic nitrogens is 1. The Balaban J connectivity index is 1.37. The zero-order chi connectivity index (χ0) is 18.8. The molecule has 1 atom stereocenters. The van der Waals surface area contributed by atoms with Gasteiger partial charge < -0.3 is 10.2 Å². The van der Waals surface area contributed by atoms with E-state index in [1.807, 2.05) is 29.6 Å². The first-order valence-electron chi connectivity index (χ1n) is 9.07. The van der Waals surface area contributed by atoms with Crippen molar-refractivity contribution in [3.8, 4) is 0 Å². The Kier molecular flexibility index (Phi) is 5.22. The Hall–Kier alpha value is -2.25. The van der Waals surface area contributed by atoms with Gasteiger partial charge in [-0.3, -0.25) is 9.59 Å². The van der Waals surface area contributed by atoms with E-state index < -0.39 is 0 Å². The van der Waals surface area contributed by atoms with Crippen LogP contribution in [-0.4, -0.2) is 35.8 Å². The van der Waals surface area contributed by atoms with Crippen LogP contribution in [0.1, 0.15) is 35.0 Å². The number of rotatable bonds is 5. The third kappa shape index (κ3) is 4.20. The second kappa shape index (κ2) is 7.78. The van der Waals surface area contributed by atoms with Gasteiger partial charge in [-0.15, -0.1) is 11.3 Å². The molecule has 4 rings (SSSR count). The van der Waals surface area contributed by atoms with E-state index in [-0.39, 0.29) is 17.7 Å². The van der Waals surface area contributed by atoms with Crippen LogP contribution in [0, 0.1) is 0 Å². The van der Waals surface area contributed by atoms with E-state index in [0.29, 0.717) is 11.3 Å². The van der Waals surface area contributed by atoms with Crippen LogP contribution in [0.2, 0.25) is 0 Å². The maximum atomic E-state index is 12.4. The third-order valence-corrected chi connectivity index (χ3v) is 6.88. The van der Waals surface area contributed by atoms with E-state index in [0.717, 1.165) is 42.1 Å². The number of ketones is 1. The normalized spacial score (nSPS) is 17.2. The minimum absolute atomic E-state index is 0.0130. The van der Waals surface area contributed by atoms with Gasteiger partial charge in [-0.2, -0.15) is 0 Å². The Morgan fingerprint density at radius 2 is 2.19 bits per heavy atom. The summed E-state index contributed by atoms with van der Waals surface area (Å²) in [5.74, 6) is 0.0597. The molecule has 5 nitrogen and oxygen atoms in total. The van der Waals surface area contributed by atoms with Crippen molar-refractivity contribution in [3.63, 3.8) is 0 Å². The standard InChI is InChI=1S/C20H21N3O2S2/c1-13(24)18-9-14(12-26-18)10-19(25)21-15-5-4-8-23(11-15)20-22-16-6-2-3-7-17(16)27-20/h2-3,6-7,9,12,15H,4-5,8,10-11H2,1H3,(H,21,25)/t15-/m1/s1. The second-order valence-corrected chi connectivity index (χ2v) is 8.79. The highest BCUT2D eigenvalue weighted by Crippen LogP contribution is 2.30. The number of thiophene rings is 1. The third-order valence-electron chi connectivity index (χ3n) is 4.71. The Morgan fingerprint density at radius 1 is 1.33 bits per heavy atom. The molecule has 3 aromatic rings. The van der Waals surface area contributed by atoms with E-state index in [2.05, 4.69) is 16.3 Å². The lowest BCUT2D eigenvalue weighted by atomic mass is 10.1. The number of carbonyl (C=O) groups excluding carboxylic acids is 2. The number of nitrogens with one attached hydrogen (secondary N) is 1. The van der Waals surface area contributed by atoms with Gasteiger partial charge in [0.2, 0.25) is 5.91 Å². The fraction of sp³-hybridized carbons (Fsp3) is 0.350. The molecule has 1 fully saturated rings. The van der Waals surface area contributed by atoms with Gasteiger partial charge in [0.25, 0.3) is 0 Å². The van der Waals surface area contributed by atoms with Gasteiger partial charge in [0, 0.05) is 19.1 Å². The molecular formula is C20H21N3O2S2. The Bertz CT molecular complexity index is 945. The van der Waals surface area contributed by atoms with Crippen LogP contribution in [0.15, 0.2) is 35.7 Å². The molecule has 1 N–H and O–H groups in total. The van der Waals surface area contributed by atoms with Crippen molar-refractivity contribution in [1.82, 2.24) is 10.3 Å². The molecule has 27 heavy (non-hydrogen) atoms. The number of hydrogen-bond donors (Lipinski definition) is 1. The monoisotopic (exact) mass is 399 g/mol. The molecule has 1 aliphatic heterocycles. The number of nitrogens with zero attached hydrogens (tertiary/aromatic N) is 2. The molecule has 2 aromatic heterocycles. The van der Waals surface area contributed by atoms with Crippen molar-refractivity contribution in [2.45, 2.75) is 32.2 Å². The molecule has 1 amide bonds. The van der Waals surface area contributed by atoms with Gasteiger partial charge in [-0.1, -0.05) is 23.5 Å². The van der Waals surface area contributed by atoms with Crippen LogP contribution in [0.4, 0.5) is 5.13 Å². The highest BCUT2D eigenvalue weighted by atomic mass is 32.1. The molecule has 0 unspecified atom stereocenters. The molecule has 0 radical (unpaired) electrons. The SMILES string of the molecule is CC(=O)c1cc(CC(=O)N[C@@H]2CCCN(c3nc4ccccc4s3)C2)cs1. The number of hydrogen-bond acceptors (Lipinski definition) is 6. The molecular weight excluding hydrogens is 378 g/mol. The number of anilines is 1. The van der Waals surface area contributed by atoms with Crippen LogP contribution in [0.25, 0.3) is 10.2 Å². The fourth-order valence-electron chi connectivity index (χ4n) is 3.38. The average molecular weight is 400 g/mol. The lowest BCUT2D eigenvalue weighted by Gasteiger charge is -2.32. The van der Waals surface area contributed by atoms with Crippen molar-refractivity contribution < 1.29 is 9.59 Å². The predicted molar refractivity (Wildman–Crippen MR) is 111 cm³/mol. The maximum absolute atomic E-state index is 12.4. The zero-order valence-electron chi connectivity index (χ0n) is 15.1. The number of fused-ring (bicyclic) bond motifs is 1. The number of amides is 1. The van der Waals surface area contributed by atoms with Crippen molar-refractivity contribution in [2.75, 3.05) is 18.0 Å². The first-order valence-corrected chi connectivity index (χ1v) is 10.8. The minimum Gasteiger partial charge on any atom is -0.351 e. The summed E-state index contributed by atoms with van der Waals surface area (Å²) in [6.45, 7) is 3.31. The molecule has 1 saturated heterocycles. The van der Waals surface area contributed by atoms with Crippen molar-refractivity contribution in [2.24, 2.45) is 0 Å². The minimum atomic E-state index is 0.0130.